The van der Waals surface area contributed by atoms with Crippen molar-refractivity contribution in [1.82, 2.24) is 5.48 Å². The smallest absolute Gasteiger partial charge is 0.243 e. The van der Waals surface area contributed by atoms with Crippen molar-refractivity contribution >= 4 is 11.7 Å². The Hall–Kier alpha value is -1.88. The minimum absolute atomic E-state index is 0.0794. The van der Waals surface area contributed by atoms with Crippen LogP contribution in [-0.2, 0) is 9.63 Å². The van der Waals surface area contributed by atoms with Crippen LogP contribution in [0.5, 0.6) is 5.75 Å². The first-order valence-corrected chi connectivity index (χ1v) is 5.75. The zero-order valence-corrected chi connectivity index (χ0v) is 10.6. The molecule has 0 aliphatic heterocycles. The van der Waals surface area contributed by atoms with Crippen LogP contribution < -0.4 is 10.2 Å². The van der Waals surface area contributed by atoms with E-state index >= 15 is 0 Å². The second-order valence-corrected chi connectivity index (χ2v) is 3.61. The number of carbonyl (C=O) groups excluding carboxylic acids is 2. The number of ether oxygens (including phenoxy) is 1. The van der Waals surface area contributed by atoms with Gasteiger partial charge >= 0.3 is 0 Å². The monoisotopic (exact) mass is 251 g/mol. The van der Waals surface area contributed by atoms with Crippen LogP contribution in [0.3, 0.4) is 0 Å². The van der Waals surface area contributed by atoms with E-state index < -0.39 is 0 Å². The van der Waals surface area contributed by atoms with E-state index in [9.17, 15) is 9.59 Å². The Morgan fingerprint density at radius 1 is 1.17 bits per heavy atom. The van der Waals surface area contributed by atoms with Crippen LogP contribution in [0, 0.1) is 0 Å². The Bertz CT molecular complexity index is 400. The lowest BCUT2D eigenvalue weighted by molar-refractivity contribution is -0.133. The molecule has 0 atom stereocenters. The topological polar surface area (TPSA) is 64.6 Å². The molecule has 98 valence electrons. The van der Waals surface area contributed by atoms with Crippen LogP contribution in [0.15, 0.2) is 24.3 Å². The second-order valence-electron chi connectivity index (χ2n) is 3.61. The van der Waals surface area contributed by atoms with Gasteiger partial charge in [-0.05, 0) is 31.2 Å². The van der Waals surface area contributed by atoms with Gasteiger partial charge in [0.1, 0.15) is 5.75 Å². The minimum atomic E-state index is -0.293. The van der Waals surface area contributed by atoms with E-state index in [-0.39, 0.29) is 24.5 Å². The third-order valence-electron chi connectivity index (χ3n) is 2.32. The fraction of sp³-hybridized carbons (Fsp3) is 0.385. The van der Waals surface area contributed by atoms with Crippen molar-refractivity contribution in [3.05, 3.63) is 29.8 Å². The zero-order chi connectivity index (χ0) is 13.4. The number of rotatable bonds is 7. The molecule has 18 heavy (non-hydrogen) atoms. The predicted octanol–water partition coefficient (Wildman–Crippen LogP) is 1.73. The molecule has 5 nitrogen and oxygen atoms in total. The molecule has 0 spiro atoms. The molecule has 0 radical (unpaired) electrons. The van der Waals surface area contributed by atoms with Crippen molar-refractivity contribution in [1.29, 1.82) is 0 Å². The summed E-state index contributed by atoms with van der Waals surface area (Å²) in [6, 6.07) is 6.80. The Kier molecular flexibility index (Phi) is 5.87. The van der Waals surface area contributed by atoms with Gasteiger partial charge in [-0.3, -0.25) is 14.4 Å². The highest BCUT2D eigenvalue weighted by molar-refractivity contribution is 5.97. The first-order chi connectivity index (χ1) is 8.67. The lowest BCUT2D eigenvalue weighted by atomic mass is 10.1. The number of hydrogen-bond donors (Lipinski definition) is 1. The van der Waals surface area contributed by atoms with Gasteiger partial charge in [-0.25, -0.2) is 5.48 Å². The van der Waals surface area contributed by atoms with E-state index in [1.807, 2.05) is 0 Å². The number of methoxy groups -OCH3 is 1. The summed E-state index contributed by atoms with van der Waals surface area (Å²) < 4.78 is 5.00. The van der Waals surface area contributed by atoms with Crippen molar-refractivity contribution in [3.8, 4) is 5.75 Å². The Morgan fingerprint density at radius 2 is 1.83 bits per heavy atom. The van der Waals surface area contributed by atoms with Gasteiger partial charge in [0.05, 0.1) is 13.7 Å². The summed E-state index contributed by atoms with van der Waals surface area (Å²) >= 11 is 0. The van der Waals surface area contributed by atoms with Gasteiger partial charge in [0.2, 0.25) is 5.91 Å². The number of hydroxylamine groups is 1. The lowest BCUT2D eigenvalue weighted by Gasteiger charge is -2.04. The largest absolute Gasteiger partial charge is 0.497 e. The third-order valence-corrected chi connectivity index (χ3v) is 2.32. The second kappa shape index (κ2) is 7.45. The predicted molar refractivity (Wildman–Crippen MR) is 66.3 cm³/mol. The average molecular weight is 251 g/mol. The number of nitrogens with one attached hydrogen (secondary N) is 1. The normalized spacial score (nSPS) is 9.89. The van der Waals surface area contributed by atoms with Crippen LogP contribution >= 0.6 is 0 Å². The van der Waals surface area contributed by atoms with E-state index in [2.05, 4.69) is 5.48 Å². The number of Topliss-reactive ketones (excluding diaryl/α,β-unsaturated/α-hetero) is 1. The summed E-state index contributed by atoms with van der Waals surface area (Å²) in [6.45, 7) is 2.17. The summed E-state index contributed by atoms with van der Waals surface area (Å²) in [7, 11) is 1.56. The summed E-state index contributed by atoms with van der Waals surface area (Å²) in [6.07, 6.45) is 0.274. The van der Waals surface area contributed by atoms with Gasteiger partial charge in [0.15, 0.2) is 5.78 Å². The summed E-state index contributed by atoms with van der Waals surface area (Å²) in [5.41, 5.74) is 2.82. The number of carbonyl (C=O) groups is 2. The van der Waals surface area contributed by atoms with Crippen LogP contribution in [0.25, 0.3) is 0 Å². The van der Waals surface area contributed by atoms with Crippen molar-refractivity contribution in [3.63, 3.8) is 0 Å². The summed E-state index contributed by atoms with van der Waals surface area (Å²) in [5.74, 6) is 0.323. The minimum Gasteiger partial charge on any atom is -0.497 e. The maximum Gasteiger partial charge on any atom is 0.243 e. The standard InChI is InChI=1S/C13H17NO4/c1-3-18-14-13(16)9-8-12(15)10-4-6-11(17-2)7-5-10/h4-7H,3,8-9H2,1-2H3,(H,14,16). The van der Waals surface area contributed by atoms with Gasteiger partial charge in [0, 0.05) is 18.4 Å². The Morgan fingerprint density at radius 3 is 2.39 bits per heavy atom. The number of benzene rings is 1. The molecule has 1 aromatic rings. The van der Waals surface area contributed by atoms with E-state index in [4.69, 9.17) is 9.57 Å². The maximum absolute atomic E-state index is 11.8. The van der Waals surface area contributed by atoms with Crippen LogP contribution in [0.1, 0.15) is 30.1 Å². The summed E-state index contributed by atoms with van der Waals surface area (Å²) in [5, 5.41) is 0. The van der Waals surface area contributed by atoms with Gasteiger partial charge in [-0.2, -0.15) is 0 Å². The fourth-order valence-electron chi connectivity index (χ4n) is 1.35. The molecule has 0 aliphatic rings. The molecule has 0 bridgehead atoms. The van der Waals surface area contributed by atoms with Gasteiger partial charge in [-0.1, -0.05) is 0 Å². The summed E-state index contributed by atoms with van der Waals surface area (Å²) in [4.78, 5) is 27.7. The van der Waals surface area contributed by atoms with E-state index in [0.717, 1.165) is 0 Å². The molecule has 0 saturated carbocycles. The van der Waals surface area contributed by atoms with Crippen molar-refractivity contribution < 1.29 is 19.2 Å². The molecular formula is C13H17NO4. The first kappa shape index (κ1) is 14.2. The molecule has 1 aromatic carbocycles. The quantitative estimate of drug-likeness (QED) is 0.592. The van der Waals surface area contributed by atoms with E-state index in [1.165, 1.54) is 0 Å². The number of ketones is 1. The number of hydrogen-bond acceptors (Lipinski definition) is 4. The highest BCUT2D eigenvalue weighted by atomic mass is 16.6. The molecule has 0 aromatic heterocycles. The van der Waals surface area contributed by atoms with E-state index in [0.29, 0.717) is 17.9 Å². The highest BCUT2D eigenvalue weighted by Gasteiger charge is 2.09. The Balaban J connectivity index is 2.42. The Labute approximate surface area is 106 Å². The third kappa shape index (κ3) is 4.55. The van der Waals surface area contributed by atoms with Gasteiger partial charge < -0.3 is 4.74 Å². The molecule has 5 heteroatoms. The molecule has 0 unspecified atom stereocenters. The van der Waals surface area contributed by atoms with Crippen molar-refractivity contribution in [2.24, 2.45) is 0 Å². The fourth-order valence-corrected chi connectivity index (χ4v) is 1.35. The molecule has 1 rings (SSSR count). The van der Waals surface area contributed by atoms with Gasteiger partial charge in [0.25, 0.3) is 0 Å². The molecule has 1 amide bonds. The zero-order valence-electron chi connectivity index (χ0n) is 10.6. The van der Waals surface area contributed by atoms with Crippen molar-refractivity contribution in [2.45, 2.75) is 19.8 Å². The average Bonchev–Trinajstić information content (AvgIpc) is 2.42. The number of amides is 1. The lowest BCUT2D eigenvalue weighted by Crippen LogP contribution is -2.23. The SMILES string of the molecule is CCONC(=O)CCC(=O)c1ccc(OC)cc1. The van der Waals surface area contributed by atoms with Crippen LogP contribution in [0.2, 0.25) is 0 Å². The molecule has 0 saturated heterocycles. The highest BCUT2D eigenvalue weighted by Crippen LogP contribution is 2.13. The first-order valence-electron chi connectivity index (χ1n) is 5.75. The molecular weight excluding hydrogens is 234 g/mol. The van der Waals surface area contributed by atoms with Crippen molar-refractivity contribution in [2.75, 3.05) is 13.7 Å². The molecule has 0 heterocycles. The molecule has 0 aliphatic carbocycles. The van der Waals surface area contributed by atoms with Gasteiger partial charge in [-0.15, -0.1) is 0 Å². The maximum atomic E-state index is 11.8. The molecule has 0 fully saturated rings. The van der Waals surface area contributed by atoms with Crippen LogP contribution in [-0.4, -0.2) is 25.4 Å². The van der Waals surface area contributed by atoms with E-state index in [1.54, 1.807) is 38.3 Å². The van der Waals surface area contributed by atoms with Crippen LogP contribution in [0.4, 0.5) is 0 Å². The molecule has 1 N–H and O–H groups in total.